The second-order valence-corrected chi connectivity index (χ2v) is 14.2. The van der Waals surface area contributed by atoms with Gasteiger partial charge in [0.2, 0.25) is 0 Å². The van der Waals surface area contributed by atoms with Crippen LogP contribution < -0.4 is 30.8 Å². The van der Waals surface area contributed by atoms with Crippen LogP contribution in [0.4, 0.5) is 10.1 Å². The van der Waals surface area contributed by atoms with Crippen LogP contribution in [-0.2, 0) is 14.1 Å². The maximum Gasteiger partial charge on any atom is 0.299 e. The van der Waals surface area contributed by atoms with Crippen LogP contribution >= 0.6 is 0 Å². The smallest absolute Gasteiger partial charge is 0.299 e. The van der Waals surface area contributed by atoms with Crippen LogP contribution in [0.2, 0.25) is 0 Å². The first-order chi connectivity index (χ1) is 25.8. The van der Waals surface area contributed by atoms with Crippen LogP contribution in [0.3, 0.4) is 0 Å². The number of nitrogens with zero attached hydrogens (tertiary/aromatic N) is 9. The highest BCUT2D eigenvalue weighted by molar-refractivity contribution is 5.54. The molecule has 8 heterocycles. The largest absolute Gasteiger partial charge is 0.461 e. The molecule has 4 aliphatic rings. The number of hydrogen-bond donors (Lipinski definition) is 1. The fourth-order valence-corrected chi connectivity index (χ4v) is 8.05. The fraction of sp³-hybridized carbons (Fsp3) is 0.421. The lowest BCUT2D eigenvalue weighted by Gasteiger charge is -2.40. The molecule has 5 aromatic rings. The van der Waals surface area contributed by atoms with Crippen molar-refractivity contribution < 1.29 is 13.9 Å². The Balaban J connectivity index is 0.000000156. The molecule has 4 fully saturated rings. The van der Waals surface area contributed by atoms with Gasteiger partial charge < -0.3 is 19.7 Å². The summed E-state index contributed by atoms with van der Waals surface area (Å²) < 4.78 is 28.5. The molecule has 2 unspecified atom stereocenters. The maximum atomic E-state index is 13.3. The third-order valence-electron chi connectivity index (χ3n) is 10.7. The van der Waals surface area contributed by atoms with Gasteiger partial charge in [-0.3, -0.25) is 18.7 Å². The van der Waals surface area contributed by atoms with Crippen molar-refractivity contribution in [1.82, 2.24) is 44.4 Å². The van der Waals surface area contributed by atoms with E-state index in [9.17, 15) is 14.0 Å². The normalized spacial score (nSPS) is 24.3. The Bertz CT molecular complexity index is 2140. The molecule has 15 heteroatoms. The summed E-state index contributed by atoms with van der Waals surface area (Å²) in [5.41, 5.74) is 2.90. The summed E-state index contributed by atoms with van der Waals surface area (Å²) in [6, 6.07) is 15.5. The topological polar surface area (TPSA) is 155 Å². The predicted molar refractivity (Wildman–Crippen MR) is 194 cm³/mol. The minimum atomic E-state index is -0.222. The molecular weight excluding hydrogens is 679 g/mol. The number of piperidine rings is 2. The van der Waals surface area contributed by atoms with Gasteiger partial charge in [-0.2, -0.15) is 9.97 Å². The van der Waals surface area contributed by atoms with E-state index in [0.717, 1.165) is 44.2 Å². The Morgan fingerprint density at radius 2 is 1.15 bits per heavy atom. The first-order valence-corrected chi connectivity index (χ1v) is 18.1. The van der Waals surface area contributed by atoms with E-state index in [1.54, 1.807) is 38.6 Å². The van der Waals surface area contributed by atoms with Crippen LogP contribution in [0.5, 0.6) is 12.0 Å². The highest BCUT2D eigenvalue weighted by Crippen LogP contribution is 2.40. The van der Waals surface area contributed by atoms with Crippen molar-refractivity contribution in [1.29, 1.82) is 0 Å². The number of benzene rings is 1. The lowest BCUT2D eigenvalue weighted by Crippen LogP contribution is -2.46. The molecule has 6 atom stereocenters. The molecule has 14 nitrogen and oxygen atoms in total. The highest BCUT2D eigenvalue weighted by atomic mass is 19.1. The van der Waals surface area contributed by atoms with Gasteiger partial charge in [0.15, 0.2) is 0 Å². The van der Waals surface area contributed by atoms with E-state index in [0.29, 0.717) is 59.0 Å². The van der Waals surface area contributed by atoms with Gasteiger partial charge >= 0.3 is 0 Å². The molecule has 0 radical (unpaired) electrons. The van der Waals surface area contributed by atoms with Gasteiger partial charge in [0.05, 0.1) is 22.8 Å². The first-order valence-electron chi connectivity index (χ1n) is 18.1. The Hall–Kier alpha value is -5.57. The maximum absolute atomic E-state index is 13.3. The predicted octanol–water partition coefficient (Wildman–Crippen LogP) is 3.85. The van der Waals surface area contributed by atoms with Crippen LogP contribution in [-0.4, -0.2) is 75.4 Å². The van der Waals surface area contributed by atoms with E-state index >= 15 is 0 Å². The van der Waals surface area contributed by atoms with Gasteiger partial charge in [0.25, 0.3) is 23.1 Å². The summed E-state index contributed by atoms with van der Waals surface area (Å²) in [5, 5.41) is 3.58. The number of ether oxygens (including phenoxy) is 2. The number of nitrogens with one attached hydrogen (secondary N) is 1. The quantitative estimate of drug-likeness (QED) is 0.260. The summed E-state index contributed by atoms with van der Waals surface area (Å²) >= 11 is 0. The van der Waals surface area contributed by atoms with Gasteiger partial charge in [-0.15, -0.1) is 0 Å². The molecular formula is C38H41FN10O4. The average Bonchev–Trinajstić information content (AvgIpc) is 3.66. The molecule has 274 valence electrons. The van der Waals surface area contributed by atoms with Gasteiger partial charge in [-0.1, -0.05) is 0 Å². The monoisotopic (exact) mass is 720 g/mol. The van der Waals surface area contributed by atoms with Crippen molar-refractivity contribution in [3.8, 4) is 34.8 Å². The molecule has 0 spiro atoms. The third kappa shape index (κ3) is 7.52. The highest BCUT2D eigenvalue weighted by Gasteiger charge is 2.42. The Morgan fingerprint density at radius 3 is 1.62 bits per heavy atom. The zero-order valence-electron chi connectivity index (χ0n) is 29.6. The fourth-order valence-electron chi connectivity index (χ4n) is 8.05. The molecule has 4 saturated heterocycles. The molecule has 9 rings (SSSR count). The van der Waals surface area contributed by atoms with Crippen molar-refractivity contribution in [2.75, 3.05) is 4.90 Å². The summed E-state index contributed by atoms with van der Waals surface area (Å²) in [6.07, 6.45) is 14.4. The van der Waals surface area contributed by atoms with Crippen molar-refractivity contribution in [2.45, 2.75) is 87.7 Å². The van der Waals surface area contributed by atoms with Crippen molar-refractivity contribution >= 4 is 5.69 Å². The number of halogens is 1. The Kier molecular flexibility index (Phi) is 9.65. The van der Waals surface area contributed by atoms with Crippen molar-refractivity contribution in [3.05, 3.63) is 100 Å². The number of anilines is 1. The van der Waals surface area contributed by atoms with Crippen LogP contribution in [0, 0.1) is 5.82 Å². The minimum Gasteiger partial charge on any atom is -0.461 e. The van der Waals surface area contributed by atoms with Crippen LogP contribution in [0.15, 0.2) is 83.2 Å². The summed E-state index contributed by atoms with van der Waals surface area (Å²) in [7, 11) is 3.35. The third-order valence-corrected chi connectivity index (χ3v) is 10.7. The molecule has 4 aromatic heterocycles. The molecule has 1 N–H and O–H groups in total. The van der Waals surface area contributed by atoms with E-state index < -0.39 is 0 Å². The standard InChI is InChI=1S/C22H22FN5O2.C16H19N5O2/c1-27-21(29)12-20(19-8-9-24-13-25-19)26-22(27)30-18-10-16-6-7-17(11-18)28(16)15-4-2-14(23)3-5-15;1-21-15(22)8-14(13-4-5-17-9-18-13)20-16(21)23-12-6-10-2-3-11(7-12)19-10/h2-5,8-9,12-13,16-18H,6-7,10-11H2,1H3;4-5,8-12,19H,2-3,6-7H2,1H3/t16-,17+,18?;10-,11+,12?. The van der Waals surface area contributed by atoms with Crippen molar-refractivity contribution in [3.63, 3.8) is 0 Å². The molecule has 4 aliphatic heterocycles. The first kappa shape index (κ1) is 34.5. The van der Waals surface area contributed by atoms with Crippen LogP contribution in [0.1, 0.15) is 51.4 Å². The van der Waals surface area contributed by atoms with Gasteiger partial charge in [-0.25, -0.2) is 24.3 Å². The second kappa shape index (κ2) is 14.8. The Morgan fingerprint density at radius 1 is 0.660 bits per heavy atom. The van der Waals surface area contributed by atoms with E-state index in [-0.39, 0.29) is 29.1 Å². The number of hydrogen-bond acceptors (Lipinski definition) is 12. The van der Waals surface area contributed by atoms with Crippen molar-refractivity contribution in [2.24, 2.45) is 14.1 Å². The summed E-state index contributed by atoms with van der Waals surface area (Å²) in [5.74, 6) is -0.222. The SMILES string of the molecule is Cn1c(OC2C[C@H]3CC[C@@H](C2)N3)nc(-c2ccncn2)cc1=O.Cn1c(OC2C[C@H]3CC[C@@H](C2)N3c2ccc(F)cc2)nc(-c2ccncn2)cc1=O. The lowest BCUT2D eigenvalue weighted by atomic mass is 9.99. The minimum absolute atomic E-state index is 0.0297. The second-order valence-electron chi connectivity index (χ2n) is 14.2. The molecule has 1 aromatic carbocycles. The van der Waals surface area contributed by atoms with E-state index in [2.05, 4.69) is 40.1 Å². The lowest BCUT2D eigenvalue weighted by molar-refractivity contribution is 0.120. The number of aromatic nitrogens is 8. The van der Waals surface area contributed by atoms with E-state index in [4.69, 9.17) is 9.47 Å². The molecule has 0 amide bonds. The van der Waals surface area contributed by atoms with E-state index in [1.807, 2.05) is 12.1 Å². The molecule has 0 saturated carbocycles. The zero-order valence-corrected chi connectivity index (χ0v) is 29.6. The molecule has 0 aliphatic carbocycles. The summed E-state index contributed by atoms with van der Waals surface area (Å²) in [4.78, 5) is 52.2. The average molecular weight is 721 g/mol. The number of fused-ring (bicyclic) bond motifs is 4. The molecule has 53 heavy (non-hydrogen) atoms. The zero-order chi connectivity index (χ0) is 36.5. The van der Waals surface area contributed by atoms with Crippen LogP contribution in [0.25, 0.3) is 22.8 Å². The van der Waals surface area contributed by atoms with Gasteiger partial charge in [0, 0.05) is 81.3 Å². The van der Waals surface area contributed by atoms with Gasteiger partial charge in [0.1, 0.15) is 30.7 Å². The Labute approximate surface area is 305 Å². The van der Waals surface area contributed by atoms with E-state index in [1.165, 1.54) is 58.9 Å². The van der Waals surface area contributed by atoms with Gasteiger partial charge in [-0.05, 0) is 74.9 Å². The summed E-state index contributed by atoms with van der Waals surface area (Å²) in [6.45, 7) is 0. The molecule has 4 bridgehead atoms. The number of rotatable bonds is 7.